The van der Waals surface area contributed by atoms with Gasteiger partial charge in [0.25, 0.3) is 0 Å². The summed E-state index contributed by atoms with van der Waals surface area (Å²) in [4.78, 5) is 10.5. The molecule has 3 N–H and O–H groups in total. The van der Waals surface area contributed by atoms with Crippen LogP contribution < -0.4 is 11.1 Å². The second-order valence-corrected chi connectivity index (χ2v) is 4.11. The molecule has 0 saturated carbocycles. The van der Waals surface area contributed by atoms with E-state index in [0.717, 1.165) is 25.3 Å². The molecule has 6 nitrogen and oxygen atoms in total. The fourth-order valence-electron chi connectivity index (χ4n) is 1.41. The van der Waals surface area contributed by atoms with Gasteiger partial charge in [-0.1, -0.05) is 0 Å². The molecule has 0 spiro atoms. The van der Waals surface area contributed by atoms with Gasteiger partial charge in [-0.25, -0.2) is 9.97 Å². The summed E-state index contributed by atoms with van der Waals surface area (Å²) >= 11 is 0. The molecular weight excluding hydrogens is 218 g/mol. The molecule has 0 fully saturated rings. The van der Waals surface area contributed by atoms with E-state index in [0.29, 0.717) is 18.2 Å². The SMILES string of the molecule is COCc1nc(N)cc(NCCCN(C)C)n1. The monoisotopic (exact) mass is 239 g/mol. The number of nitrogens with one attached hydrogen (secondary N) is 1. The number of methoxy groups -OCH3 is 1. The number of nitrogens with zero attached hydrogens (tertiary/aromatic N) is 3. The van der Waals surface area contributed by atoms with E-state index in [1.54, 1.807) is 13.2 Å². The van der Waals surface area contributed by atoms with Crippen LogP contribution in [0.25, 0.3) is 0 Å². The Morgan fingerprint density at radius 1 is 1.41 bits per heavy atom. The molecule has 0 radical (unpaired) electrons. The maximum absolute atomic E-state index is 5.69. The lowest BCUT2D eigenvalue weighted by atomic mass is 10.4. The van der Waals surface area contributed by atoms with Crippen LogP contribution in [-0.2, 0) is 11.3 Å². The predicted molar refractivity (Wildman–Crippen MR) is 68.8 cm³/mol. The summed E-state index contributed by atoms with van der Waals surface area (Å²) < 4.78 is 4.98. The third-order valence-corrected chi connectivity index (χ3v) is 2.15. The Morgan fingerprint density at radius 2 is 2.18 bits per heavy atom. The summed E-state index contributed by atoms with van der Waals surface area (Å²) in [7, 11) is 5.72. The summed E-state index contributed by atoms with van der Waals surface area (Å²) in [6.45, 7) is 2.27. The first kappa shape index (κ1) is 13.7. The van der Waals surface area contributed by atoms with E-state index < -0.39 is 0 Å². The van der Waals surface area contributed by atoms with Crippen LogP contribution in [0, 0.1) is 0 Å². The highest BCUT2D eigenvalue weighted by atomic mass is 16.5. The highest BCUT2D eigenvalue weighted by Crippen LogP contribution is 2.08. The Morgan fingerprint density at radius 3 is 2.82 bits per heavy atom. The Bertz CT molecular complexity index is 343. The zero-order valence-corrected chi connectivity index (χ0v) is 10.7. The van der Waals surface area contributed by atoms with Crippen LogP contribution in [0.3, 0.4) is 0 Å². The predicted octanol–water partition coefficient (Wildman–Crippen LogP) is 0.569. The molecule has 0 unspecified atom stereocenters. The van der Waals surface area contributed by atoms with Crippen LogP contribution in [0.4, 0.5) is 11.6 Å². The molecule has 1 aromatic rings. The van der Waals surface area contributed by atoms with E-state index in [4.69, 9.17) is 10.5 Å². The first-order chi connectivity index (χ1) is 8.11. The molecule has 0 saturated heterocycles. The van der Waals surface area contributed by atoms with Crippen molar-refractivity contribution in [1.29, 1.82) is 0 Å². The summed E-state index contributed by atoms with van der Waals surface area (Å²) in [5.41, 5.74) is 5.69. The minimum Gasteiger partial charge on any atom is -0.384 e. The van der Waals surface area contributed by atoms with Crippen LogP contribution in [0.1, 0.15) is 12.2 Å². The van der Waals surface area contributed by atoms with Crippen molar-refractivity contribution in [3.63, 3.8) is 0 Å². The lowest BCUT2D eigenvalue weighted by Crippen LogP contribution is -2.17. The molecule has 0 aliphatic rings. The number of ether oxygens (including phenoxy) is 1. The second kappa shape index (κ2) is 7.03. The number of nitrogen functional groups attached to an aromatic ring is 1. The minimum absolute atomic E-state index is 0.372. The molecule has 6 heteroatoms. The van der Waals surface area contributed by atoms with Gasteiger partial charge in [-0.05, 0) is 27.1 Å². The van der Waals surface area contributed by atoms with Crippen molar-refractivity contribution in [2.24, 2.45) is 0 Å². The van der Waals surface area contributed by atoms with Crippen LogP contribution in [0.15, 0.2) is 6.07 Å². The van der Waals surface area contributed by atoms with E-state index >= 15 is 0 Å². The van der Waals surface area contributed by atoms with E-state index in [1.165, 1.54) is 0 Å². The normalized spacial score (nSPS) is 10.8. The molecule has 0 aliphatic carbocycles. The number of aromatic nitrogens is 2. The van der Waals surface area contributed by atoms with Gasteiger partial charge < -0.3 is 20.7 Å². The maximum atomic E-state index is 5.69. The lowest BCUT2D eigenvalue weighted by Gasteiger charge is -2.11. The van der Waals surface area contributed by atoms with Gasteiger partial charge in [0.15, 0.2) is 5.82 Å². The zero-order chi connectivity index (χ0) is 12.7. The molecule has 0 aromatic carbocycles. The Labute approximate surface area is 102 Å². The van der Waals surface area contributed by atoms with E-state index in [1.807, 2.05) is 0 Å². The summed E-state index contributed by atoms with van der Waals surface area (Å²) in [5, 5.41) is 3.23. The van der Waals surface area contributed by atoms with Crippen LogP contribution in [0.5, 0.6) is 0 Å². The van der Waals surface area contributed by atoms with Gasteiger partial charge in [0.2, 0.25) is 0 Å². The molecule has 1 aromatic heterocycles. The van der Waals surface area contributed by atoms with Gasteiger partial charge in [-0.15, -0.1) is 0 Å². The quantitative estimate of drug-likeness (QED) is 0.677. The molecule has 17 heavy (non-hydrogen) atoms. The van der Waals surface area contributed by atoms with Gasteiger partial charge in [0, 0.05) is 19.7 Å². The van der Waals surface area contributed by atoms with Crippen LogP contribution >= 0.6 is 0 Å². The molecule has 1 rings (SSSR count). The summed E-state index contributed by atoms with van der Waals surface area (Å²) in [5.74, 6) is 1.81. The van der Waals surface area contributed by atoms with Crippen molar-refractivity contribution in [1.82, 2.24) is 14.9 Å². The van der Waals surface area contributed by atoms with E-state index in [9.17, 15) is 0 Å². The Hall–Kier alpha value is -1.40. The zero-order valence-electron chi connectivity index (χ0n) is 10.7. The van der Waals surface area contributed by atoms with Crippen molar-refractivity contribution in [3.05, 3.63) is 11.9 Å². The molecule has 0 atom stereocenters. The van der Waals surface area contributed by atoms with Gasteiger partial charge >= 0.3 is 0 Å². The first-order valence-corrected chi connectivity index (χ1v) is 5.63. The number of anilines is 2. The van der Waals surface area contributed by atoms with Crippen LogP contribution in [-0.4, -0.2) is 49.2 Å². The van der Waals surface area contributed by atoms with Crippen molar-refractivity contribution < 1.29 is 4.74 Å². The highest BCUT2D eigenvalue weighted by molar-refractivity contribution is 5.44. The van der Waals surface area contributed by atoms with Crippen molar-refractivity contribution in [2.45, 2.75) is 13.0 Å². The van der Waals surface area contributed by atoms with Gasteiger partial charge in [0.05, 0.1) is 0 Å². The summed E-state index contributed by atoms with van der Waals surface area (Å²) in [6.07, 6.45) is 1.05. The largest absolute Gasteiger partial charge is 0.384 e. The van der Waals surface area contributed by atoms with Crippen LogP contribution in [0.2, 0.25) is 0 Å². The highest BCUT2D eigenvalue weighted by Gasteiger charge is 2.02. The molecule has 0 aliphatic heterocycles. The smallest absolute Gasteiger partial charge is 0.158 e. The molecule has 0 amide bonds. The molecular formula is C11H21N5O. The summed E-state index contributed by atoms with van der Waals surface area (Å²) in [6, 6.07) is 1.73. The standard InChI is InChI=1S/C11H21N5O/c1-16(2)6-4-5-13-10-7-9(12)14-11(15-10)8-17-3/h7H,4-6,8H2,1-3H3,(H3,12,13,14,15). The average molecular weight is 239 g/mol. The third kappa shape index (κ3) is 5.46. The fraction of sp³-hybridized carbons (Fsp3) is 0.636. The molecule has 96 valence electrons. The first-order valence-electron chi connectivity index (χ1n) is 5.63. The number of hydrogen-bond acceptors (Lipinski definition) is 6. The van der Waals surface area contributed by atoms with Gasteiger partial charge in [-0.3, -0.25) is 0 Å². The van der Waals surface area contributed by atoms with Crippen molar-refractivity contribution >= 4 is 11.6 Å². The lowest BCUT2D eigenvalue weighted by molar-refractivity contribution is 0.178. The third-order valence-electron chi connectivity index (χ3n) is 2.15. The van der Waals surface area contributed by atoms with E-state index in [-0.39, 0.29) is 0 Å². The van der Waals surface area contributed by atoms with Gasteiger partial charge in [0.1, 0.15) is 18.2 Å². The fourth-order valence-corrected chi connectivity index (χ4v) is 1.41. The van der Waals surface area contributed by atoms with Gasteiger partial charge in [-0.2, -0.15) is 0 Å². The Kier molecular flexibility index (Phi) is 5.65. The molecule has 1 heterocycles. The topological polar surface area (TPSA) is 76.3 Å². The maximum Gasteiger partial charge on any atom is 0.158 e. The van der Waals surface area contributed by atoms with Crippen molar-refractivity contribution in [2.75, 3.05) is 45.3 Å². The Balaban J connectivity index is 2.46. The van der Waals surface area contributed by atoms with E-state index in [2.05, 4.69) is 34.3 Å². The minimum atomic E-state index is 0.372. The average Bonchev–Trinajstić information content (AvgIpc) is 2.24. The van der Waals surface area contributed by atoms with Crippen molar-refractivity contribution in [3.8, 4) is 0 Å². The molecule has 0 bridgehead atoms. The second-order valence-electron chi connectivity index (χ2n) is 4.11. The number of rotatable bonds is 7. The number of hydrogen-bond donors (Lipinski definition) is 2. The number of nitrogens with two attached hydrogens (primary N) is 1.